The number of rotatable bonds is 1. The van der Waals surface area contributed by atoms with Gasteiger partial charge in [0, 0.05) is 16.4 Å². The molecule has 0 aliphatic carbocycles. The van der Waals surface area contributed by atoms with Gasteiger partial charge in [0.05, 0.1) is 0 Å². The molecule has 1 aromatic heterocycles. The van der Waals surface area contributed by atoms with Crippen LogP contribution in [0.2, 0.25) is 0 Å². The molecule has 1 rings (SSSR count). The average molecular weight is 136 g/mol. The second-order valence-corrected chi connectivity index (χ2v) is 2.02. The molecule has 0 spiro atoms. The van der Waals surface area contributed by atoms with Gasteiger partial charge >= 0.3 is 0 Å². The Hall–Kier alpha value is -1.31. The predicted molar refractivity (Wildman–Crippen MR) is 38.5 cm³/mol. The molecule has 1 N–H and O–H groups in total. The van der Waals surface area contributed by atoms with Crippen LogP contribution >= 0.6 is 0 Å². The van der Waals surface area contributed by atoms with Crippen molar-refractivity contribution in [2.24, 2.45) is 0 Å². The van der Waals surface area contributed by atoms with Crippen LogP contribution in [0, 0.1) is 0 Å². The van der Waals surface area contributed by atoms with Gasteiger partial charge in [-0.3, -0.25) is 5.21 Å². The van der Waals surface area contributed by atoms with Crippen molar-refractivity contribution in [3.05, 3.63) is 36.2 Å². The number of aromatic nitrogens is 1. The first-order valence-electron chi connectivity index (χ1n) is 3.16. The molecular formula is C8H10NO+. The number of hydrogen-bond donors (Lipinski definition) is 1. The average Bonchev–Trinajstić information content (AvgIpc) is 1.88. The van der Waals surface area contributed by atoms with Crippen molar-refractivity contribution < 1.29 is 9.94 Å². The summed E-state index contributed by atoms with van der Waals surface area (Å²) in [5.41, 5.74) is 0.993. The van der Waals surface area contributed by atoms with Gasteiger partial charge in [0.2, 0.25) is 12.4 Å². The zero-order chi connectivity index (χ0) is 7.40. The van der Waals surface area contributed by atoms with E-state index in [0.717, 1.165) is 10.3 Å². The summed E-state index contributed by atoms with van der Waals surface area (Å²) < 4.78 is 1.04. The van der Waals surface area contributed by atoms with Gasteiger partial charge in [-0.15, -0.1) is 0 Å². The molecule has 0 aromatic carbocycles. The van der Waals surface area contributed by atoms with Gasteiger partial charge < -0.3 is 0 Å². The Morgan fingerprint density at radius 2 is 2.40 bits per heavy atom. The minimum atomic E-state index is 0.993. The maximum absolute atomic E-state index is 8.92. The van der Waals surface area contributed by atoms with E-state index in [2.05, 4.69) is 0 Å². The first-order chi connectivity index (χ1) is 4.83. The molecule has 0 saturated carbocycles. The van der Waals surface area contributed by atoms with Crippen molar-refractivity contribution in [1.82, 2.24) is 0 Å². The summed E-state index contributed by atoms with van der Waals surface area (Å²) in [5, 5.41) is 8.92. The zero-order valence-corrected chi connectivity index (χ0v) is 5.86. The first-order valence-corrected chi connectivity index (χ1v) is 3.16. The van der Waals surface area contributed by atoms with Gasteiger partial charge in [0.1, 0.15) is 0 Å². The van der Waals surface area contributed by atoms with Crippen LogP contribution in [0.5, 0.6) is 0 Å². The van der Waals surface area contributed by atoms with Crippen LogP contribution in [0.3, 0.4) is 0 Å². The lowest BCUT2D eigenvalue weighted by Gasteiger charge is -1.85. The SMILES string of the molecule is C/C=C/c1ccc[n+](O)c1. The van der Waals surface area contributed by atoms with Crippen molar-refractivity contribution in [1.29, 1.82) is 0 Å². The number of nitrogens with zero attached hydrogens (tertiary/aromatic N) is 1. The highest BCUT2D eigenvalue weighted by molar-refractivity contribution is 5.45. The van der Waals surface area contributed by atoms with Gasteiger partial charge in [-0.2, -0.15) is 0 Å². The van der Waals surface area contributed by atoms with E-state index in [4.69, 9.17) is 5.21 Å². The van der Waals surface area contributed by atoms with Gasteiger partial charge in [0.25, 0.3) is 0 Å². The Kier molecular flexibility index (Phi) is 2.05. The molecule has 0 radical (unpaired) electrons. The minimum absolute atomic E-state index is 0.993. The molecule has 0 atom stereocenters. The van der Waals surface area contributed by atoms with E-state index in [1.807, 2.05) is 25.1 Å². The lowest BCUT2D eigenvalue weighted by atomic mass is 10.3. The lowest BCUT2D eigenvalue weighted by Crippen LogP contribution is -2.28. The van der Waals surface area contributed by atoms with Crippen LogP contribution in [0.15, 0.2) is 30.6 Å². The largest absolute Gasteiger partial charge is 0.285 e. The standard InChI is InChI=1S/C8H10NO/c1-2-4-8-5-3-6-9(10)7-8/h2-7,10H,1H3/q+1/b4-2+. The van der Waals surface area contributed by atoms with Gasteiger partial charge in [-0.25, -0.2) is 0 Å². The highest BCUT2D eigenvalue weighted by Crippen LogP contribution is 1.95. The summed E-state index contributed by atoms with van der Waals surface area (Å²) in [5.74, 6) is 0. The molecule has 0 fully saturated rings. The van der Waals surface area contributed by atoms with Crippen LogP contribution < -0.4 is 4.73 Å². The molecule has 52 valence electrons. The Morgan fingerprint density at radius 1 is 1.60 bits per heavy atom. The van der Waals surface area contributed by atoms with E-state index in [1.165, 1.54) is 0 Å². The van der Waals surface area contributed by atoms with E-state index in [9.17, 15) is 0 Å². The molecule has 2 nitrogen and oxygen atoms in total. The lowest BCUT2D eigenvalue weighted by molar-refractivity contribution is -0.904. The van der Waals surface area contributed by atoms with Gasteiger partial charge in [-0.05, 0) is 13.0 Å². The van der Waals surface area contributed by atoms with Crippen molar-refractivity contribution in [3.63, 3.8) is 0 Å². The highest BCUT2D eigenvalue weighted by Gasteiger charge is 1.93. The summed E-state index contributed by atoms with van der Waals surface area (Å²) in [6.07, 6.45) is 7.06. The minimum Gasteiger partial charge on any atom is -0.285 e. The highest BCUT2D eigenvalue weighted by atomic mass is 16.5. The van der Waals surface area contributed by atoms with E-state index < -0.39 is 0 Å². The molecule has 1 heterocycles. The van der Waals surface area contributed by atoms with Crippen LogP contribution in [-0.2, 0) is 0 Å². The summed E-state index contributed by atoms with van der Waals surface area (Å²) >= 11 is 0. The molecule has 0 aliphatic rings. The quantitative estimate of drug-likeness (QED) is 0.456. The van der Waals surface area contributed by atoms with E-state index in [1.54, 1.807) is 18.5 Å². The Bertz CT molecular complexity index is 243. The van der Waals surface area contributed by atoms with E-state index in [0.29, 0.717) is 0 Å². The third kappa shape index (κ3) is 1.58. The number of pyridine rings is 1. The first kappa shape index (κ1) is 6.81. The fraction of sp³-hybridized carbons (Fsp3) is 0.125. The fourth-order valence-corrected chi connectivity index (χ4v) is 0.772. The van der Waals surface area contributed by atoms with Gasteiger partial charge in [-0.1, -0.05) is 12.2 Å². The zero-order valence-electron chi connectivity index (χ0n) is 5.86. The van der Waals surface area contributed by atoms with Crippen LogP contribution in [-0.4, -0.2) is 5.21 Å². The van der Waals surface area contributed by atoms with Gasteiger partial charge in [0.15, 0.2) is 0 Å². The summed E-state index contributed by atoms with van der Waals surface area (Å²) in [6.45, 7) is 1.94. The Balaban J connectivity index is 2.95. The normalized spacial score (nSPS) is 10.5. The van der Waals surface area contributed by atoms with Crippen molar-refractivity contribution >= 4 is 6.08 Å². The van der Waals surface area contributed by atoms with Crippen LogP contribution in [0.4, 0.5) is 0 Å². The smallest absolute Gasteiger partial charge is 0.229 e. The summed E-state index contributed by atoms with van der Waals surface area (Å²) in [6, 6.07) is 3.71. The Morgan fingerprint density at radius 3 is 3.00 bits per heavy atom. The second kappa shape index (κ2) is 3.01. The Labute approximate surface area is 60.0 Å². The van der Waals surface area contributed by atoms with Crippen molar-refractivity contribution in [2.75, 3.05) is 0 Å². The molecule has 10 heavy (non-hydrogen) atoms. The maximum Gasteiger partial charge on any atom is 0.229 e. The second-order valence-electron chi connectivity index (χ2n) is 2.02. The molecule has 0 aliphatic heterocycles. The molecule has 1 aromatic rings. The van der Waals surface area contributed by atoms with Crippen molar-refractivity contribution in [2.45, 2.75) is 6.92 Å². The van der Waals surface area contributed by atoms with Crippen LogP contribution in [0.25, 0.3) is 6.08 Å². The molecule has 0 saturated heterocycles. The third-order valence-electron chi connectivity index (χ3n) is 1.17. The maximum atomic E-state index is 8.92. The van der Waals surface area contributed by atoms with Crippen LogP contribution in [0.1, 0.15) is 12.5 Å². The van der Waals surface area contributed by atoms with E-state index >= 15 is 0 Å². The summed E-state index contributed by atoms with van der Waals surface area (Å²) in [7, 11) is 0. The molecule has 0 unspecified atom stereocenters. The molecule has 2 heteroatoms. The topological polar surface area (TPSA) is 24.1 Å². The summed E-state index contributed by atoms with van der Waals surface area (Å²) in [4.78, 5) is 0. The monoisotopic (exact) mass is 136 g/mol. The number of hydrogen-bond acceptors (Lipinski definition) is 1. The number of allylic oxidation sites excluding steroid dienone is 1. The van der Waals surface area contributed by atoms with Crippen molar-refractivity contribution in [3.8, 4) is 0 Å². The molecular weight excluding hydrogens is 126 g/mol. The third-order valence-corrected chi connectivity index (χ3v) is 1.17. The fourth-order valence-electron chi connectivity index (χ4n) is 0.772. The van der Waals surface area contributed by atoms with E-state index in [-0.39, 0.29) is 0 Å². The molecule has 0 amide bonds. The molecule has 0 bridgehead atoms. The predicted octanol–water partition coefficient (Wildman–Crippen LogP) is 1.24.